The van der Waals surface area contributed by atoms with E-state index in [0.29, 0.717) is 13.2 Å². The van der Waals surface area contributed by atoms with Gasteiger partial charge in [-0.05, 0) is 161 Å². The number of ether oxygens (including phenoxy) is 2. The Morgan fingerprint density at radius 2 is 0.938 bits per heavy atom. The van der Waals surface area contributed by atoms with Gasteiger partial charge >= 0.3 is 0 Å². The van der Waals surface area contributed by atoms with Crippen LogP contribution in [-0.2, 0) is 16.2 Å². The Hall–Kier alpha value is -8.32. The molecule has 0 saturated carbocycles. The van der Waals surface area contributed by atoms with Crippen LogP contribution in [0.15, 0.2) is 200 Å². The van der Waals surface area contributed by atoms with Gasteiger partial charge in [-0.3, -0.25) is 0 Å². The molecule has 4 nitrogen and oxygen atoms in total. The summed E-state index contributed by atoms with van der Waals surface area (Å²) < 4.78 is 15.4. The van der Waals surface area contributed by atoms with Crippen LogP contribution in [0.1, 0.15) is 84.6 Å². The van der Waals surface area contributed by atoms with Crippen LogP contribution in [0.5, 0.6) is 11.5 Å². The normalized spacial score (nSPS) is 13.8. The summed E-state index contributed by atoms with van der Waals surface area (Å²) in [6.45, 7) is 23.9. The Balaban J connectivity index is 1.06. The van der Waals surface area contributed by atoms with Crippen LogP contribution in [-0.4, -0.2) is 19.9 Å². The van der Waals surface area contributed by atoms with Gasteiger partial charge < -0.3 is 19.3 Å². The molecule has 0 spiro atoms. The molecule has 0 fully saturated rings. The number of rotatable bonds is 6. The van der Waals surface area contributed by atoms with E-state index in [0.717, 1.165) is 45.4 Å². The van der Waals surface area contributed by atoms with Crippen molar-refractivity contribution in [1.82, 2.24) is 0 Å². The van der Waals surface area contributed by atoms with E-state index in [1.807, 2.05) is 11.3 Å². The molecule has 0 aliphatic carbocycles. The lowest BCUT2D eigenvalue weighted by Crippen LogP contribution is -2.61. The third-order valence-electron chi connectivity index (χ3n) is 17.1. The summed E-state index contributed by atoms with van der Waals surface area (Å²) in [5.41, 5.74) is 25.0. The van der Waals surface area contributed by atoms with Gasteiger partial charge in [0.25, 0.3) is 6.71 Å². The van der Waals surface area contributed by atoms with Gasteiger partial charge in [0.1, 0.15) is 13.2 Å². The minimum absolute atomic E-state index is 0.0275. The van der Waals surface area contributed by atoms with Crippen molar-refractivity contribution in [2.75, 3.05) is 23.0 Å². The summed E-state index contributed by atoms with van der Waals surface area (Å²) in [5, 5.41) is 2.62. The molecule has 398 valence electrons. The highest BCUT2D eigenvalue weighted by molar-refractivity contribution is 7.25. The van der Waals surface area contributed by atoms with Crippen LogP contribution in [0.25, 0.3) is 64.7 Å². The second kappa shape index (κ2) is 18.9. The van der Waals surface area contributed by atoms with E-state index in [9.17, 15) is 0 Å². The molecule has 4 heterocycles. The zero-order valence-corrected chi connectivity index (χ0v) is 49.0. The fourth-order valence-corrected chi connectivity index (χ4v) is 13.9. The number of aryl methyl sites for hydroxylation is 1. The number of hydrogen-bond acceptors (Lipinski definition) is 5. The van der Waals surface area contributed by atoms with Crippen LogP contribution in [0.4, 0.5) is 34.1 Å². The van der Waals surface area contributed by atoms with Gasteiger partial charge in [0.15, 0.2) is 11.5 Å². The van der Waals surface area contributed by atoms with Crippen LogP contribution in [0, 0.1) is 6.92 Å². The molecule has 10 aromatic carbocycles. The van der Waals surface area contributed by atoms with Gasteiger partial charge in [-0.2, -0.15) is 0 Å². The van der Waals surface area contributed by atoms with E-state index < -0.39 is 0 Å². The Morgan fingerprint density at radius 3 is 1.59 bits per heavy atom. The predicted octanol–water partition coefficient (Wildman–Crippen LogP) is 18.8. The maximum atomic E-state index is 6.48. The first kappa shape index (κ1) is 50.9. The largest absolute Gasteiger partial charge is 0.486 e. The van der Waals surface area contributed by atoms with E-state index in [4.69, 9.17) is 9.47 Å². The number of hydrogen-bond donors (Lipinski definition) is 0. The van der Waals surface area contributed by atoms with Crippen molar-refractivity contribution in [3.05, 3.63) is 222 Å². The molecule has 0 N–H and O–H groups in total. The van der Waals surface area contributed by atoms with Gasteiger partial charge in [0.05, 0.1) is 5.69 Å². The van der Waals surface area contributed by atoms with Gasteiger partial charge in [0, 0.05) is 60.2 Å². The Morgan fingerprint density at radius 1 is 0.383 bits per heavy atom. The molecule has 0 radical (unpaired) electrons. The van der Waals surface area contributed by atoms with E-state index in [2.05, 4.69) is 279 Å². The molecular weight excluding hydrogens is 1000 g/mol. The number of thiophene rings is 1. The summed E-state index contributed by atoms with van der Waals surface area (Å²) in [4.78, 5) is 5.15. The summed E-state index contributed by atoms with van der Waals surface area (Å²) >= 11 is 1.88. The number of benzene rings is 10. The maximum Gasteiger partial charge on any atom is 0.252 e. The van der Waals surface area contributed by atoms with Crippen molar-refractivity contribution in [2.24, 2.45) is 0 Å². The third kappa shape index (κ3) is 8.82. The summed E-state index contributed by atoms with van der Waals surface area (Å²) in [6, 6.07) is 76.4. The van der Waals surface area contributed by atoms with Crippen molar-refractivity contribution in [2.45, 2.75) is 85.5 Å². The molecule has 0 atom stereocenters. The molecule has 3 aliphatic heterocycles. The first-order chi connectivity index (χ1) is 38.9. The number of anilines is 6. The quantitative estimate of drug-likeness (QED) is 0.155. The number of fused-ring (bicyclic) bond motifs is 8. The monoisotopic (exact) mass is 1070 g/mol. The zero-order chi connectivity index (χ0) is 55.7. The van der Waals surface area contributed by atoms with E-state index in [-0.39, 0.29) is 23.0 Å². The SMILES string of the molecule is Cc1cc2c3c(c1)N(c1cc4c(cc1-c1ccccc1)OCCO4)c1ccc(C(C)(C)C)cc1B3c1ccc(-c3ccc4c(c3)sc3ccccc34)cc1N2c1cc(-c2ccc(C(C)(C)C)cc2)cc(-c2ccc(C(C)(C)C)cc2)c1. The Kier molecular flexibility index (Phi) is 11.9. The molecule has 14 rings (SSSR count). The summed E-state index contributed by atoms with van der Waals surface area (Å²) in [5.74, 6) is 1.53. The first-order valence-corrected chi connectivity index (χ1v) is 29.6. The summed E-state index contributed by atoms with van der Waals surface area (Å²) in [6.07, 6.45) is 0. The average molecular weight is 1070 g/mol. The zero-order valence-electron chi connectivity index (χ0n) is 48.2. The number of nitrogens with zero attached hydrogens (tertiary/aromatic N) is 2. The second-order valence-corrected chi connectivity index (χ2v) is 26.8. The van der Waals surface area contributed by atoms with Crippen LogP contribution in [0.3, 0.4) is 0 Å². The van der Waals surface area contributed by atoms with Crippen molar-refractivity contribution < 1.29 is 9.47 Å². The summed E-state index contributed by atoms with van der Waals surface area (Å²) in [7, 11) is 0. The molecule has 3 aliphatic rings. The van der Waals surface area contributed by atoms with E-state index >= 15 is 0 Å². The van der Waals surface area contributed by atoms with Gasteiger partial charge in [0.2, 0.25) is 0 Å². The highest BCUT2D eigenvalue weighted by atomic mass is 32.1. The van der Waals surface area contributed by atoms with Crippen molar-refractivity contribution in [3.63, 3.8) is 0 Å². The van der Waals surface area contributed by atoms with Crippen molar-refractivity contribution >= 4 is 88.7 Å². The fourth-order valence-electron chi connectivity index (χ4n) is 12.7. The van der Waals surface area contributed by atoms with Crippen LogP contribution < -0.4 is 35.7 Å². The van der Waals surface area contributed by atoms with Crippen molar-refractivity contribution in [3.8, 4) is 56.0 Å². The van der Waals surface area contributed by atoms with Gasteiger partial charge in [-0.25, -0.2) is 0 Å². The lowest BCUT2D eigenvalue weighted by molar-refractivity contribution is 0.172. The molecule has 0 bridgehead atoms. The fraction of sp³-hybridized carbons (Fsp3) is 0.200. The molecule has 6 heteroatoms. The second-order valence-electron chi connectivity index (χ2n) is 25.7. The molecule has 0 amide bonds. The lowest BCUT2D eigenvalue weighted by Gasteiger charge is -2.45. The van der Waals surface area contributed by atoms with Gasteiger partial charge in [-0.1, -0.05) is 196 Å². The maximum absolute atomic E-state index is 6.48. The highest BCUT2D eigenvalue weighted by Crippen LogP contribution is 2.51. The molecule has 11 aromatic rings. The topological polar surface area (TPSA) is 24.9 Å². The molecule has 1 aromatic heterocycles. The molecule has 0 unspecified atom stereocenters. The lowest BCUT2D eigenvalue weighted by atomic mass is 9.33. The minimum Gasteiger partial charge on any atom is -0.486 e. The highest BCUT2D eigenvalue weighted by Gasteiger charge is 2.45. The average Bonchev–Trinajstić information content (AvgIpc) is 3.79. The Bertz CT molecular complexity index is 4230. The standard InChI is InChI=1S/C75H67BN2O2S/c1-46-36-66-72-67(37-46)78(64-45-69-68(79-34-35-80-69)44-60(64)49-16-12-11-13-17-49)63-33-30-56(75(8,9)10)43-62(63)76(72)61-32-25-50(51-24-31-59-58-18-14-15-19-70(58)81-71(59)42-51)41-65(61)77(66)57-39-52(47-20-26-54(27-21-47)73(2,3)4)38-53(40-57)48-22-28-55(29-23-48)74(5,6)7/h11-33,36-45H,34-35H2,1-10H3. The minimum atomic E-state index is -0.103. The predicted molar refractivity (Wildman–Crippen MR) is 347 cm³/mol. The van der Waals surface area contributed by atoms with Gasteiger partial charge in [-0.15, -0.1) is 11.3 Å². The van der Waals surface area contributed by atoms with Crippen LogP contribution in [0.2, 0.25) is 0 Å². The van der Waals surface area contributed by atoms with Crippen molar-refractivity contribution in [1.29, 1.82) is 0 Å². The third-order valence-corrected chi connectivity index (χ3v) is 18.3. The molecule has 0 saturated heterocycles. The van der Waals surface area contributed by atoms with E-state index in [1.165, 1.54) is 104 Å². The smallest absolute Gasteiger partial charge is 0.252 e. The molecule has 81 heavy (non-hydrogen) atoms. The molecular formula is C75H67BN2O2S. The van der Waals surface area contributed by atoms with E-state index in [1.54, 1.807) is 0 Å². The Labute approximate surface area is 482 Å². The van der Waals surface area contributed by atoms with Crippen LogP contribution >= 0.6 is 11.3 Å². The first-order valence-electron chi connectivity index (χ1n) is 28.7.